The number of unbranched alkanes of at least 4 members (excludes halogenated alkanes) is 3. The molecule has 0 bridgehead atoms. The summed E-state index contributed by atoms with van der Waals surface area (Å²) in [5.41, 5.74) is 6.54. The Morgan fingerprint density at radius 2 is 1.71 bits per heavy atom. The number of carbonyl (C=O) groups is 3. The summed E-state index contributed by atoms with van der Waals surface area (Å²) in [6.45, 7) is 15.9. The highest BCUT2D eigenvalue weighted by Crippen LogP contribution is 2.65. The monoisotopic (exact) mass is 658 g/mol. The van der Waals surface area contributed by atoms with Crippen LogP contribution >= 0.6 is 0 Å². The molecule has 0 amide bonds. The van der Waals surface area contributed by atoms with Crippen molar-refractivity contribution in [3.8, 4) is 0 Å². The number of hydrogen-bond donors (Lipinski definition) is 1. The lowest BCUT2D eigenvalue weighted by molar-refractivity contribution is -0.158. The highest BCUT2D eigenvalue weighted by Gasteiger charge is 2.57. The molecule has 1 aromatic rings. The molecule has 4 aliphatic carbocycles. The third kappa shape index (κ3) is 8.01. The van der Waals surface area contributed by atoms with Crippen molar-refractivity contribution in [3.63, 3.8) is 0 Å². The van der Waals surface area contributed by atoms with Crippen LogP contribution < -0.4 is 10.2 Å². The molecule has 6 unspecified atom stereocenters. The predicted octanol–water partition coefficient (Wildman–Crippen LogP) is 8.74. The van der Waals surface area contributed by atoms with Crippen LogP contribution in [0, 0.1) is 29.1 Å². The Labute approximate surface area is 290 Å². The number of carbonyl (C=O) groups excluding carboxylic acids is 3. The van der Waals surface area contributed by atoms with Crippen LogP contribution in [0.25, 0.3) is 0 Å². The zero-order valence-corrected chi connectivity index (χ0v) is 31.1. The fourth-order valence-corrected chi connectivity index (χ4v) is 9.76. The molecule has 2 saturated carbocycles. The Morgan fingerprint density at radius 1 is 1.00 bits per heavy atom. The zero-order valence-electron chi connectivity index (χ0n) is 31.1. The molecule has 6 heteroatoms. The maximum Gasteiger partial charge on any atom is 0.323 e. The van der Waals surface area contributed by atoms with E-state index in [1.54, 1.807) is 5.57 Å². The number of nitrogens with zero attached hydrogens (tertiary/aromatic N) is 1. The number of esters is 1. The van der Waals surface area contributed by atoms with E-state index < -0.39 is 5.60 Å². The number of rotatable bonds is 13. The van der Waals surface area contributed by atoms with Crippen LogP contribution in [0.2, 0.25) is 0 Å². The topological polar surface area (TPSA) is 75.7 Å². The summed E-state index contributed by atoms with van der Waals surface area (Å²) in [4.78, 5) is 40.2. The first-order valence-electron chi connectivity index (χ1n) is 18.9. The standard InChI is InChI=1S/C42H62N2O4/c1-27(2)39(40(47)48-41(4,5)6)43-23-11-9-10-12-24-44(8)31-16-13-29(14-17-31)35-26-42(7)36(28(3)45)21-22-37(42)34-19-15-30-25-32(46)18-20-33(30)38(34)35/h13-14,16-17,25,27,34-37,39,43H,9-12,15,18-24,26H2,1-8H3. The summed E-state index contributed by atoms with van der Waals surface area (Å²) >= 11 is 0. The summed E-state index contributed by atoms with van der Waals surface area (Å²) in [5, 5.41) is 3.43. The molecule has 6 nitrogen and oxygen atoms in total. The van der Waals surface area contributed by atoms with Crippen LogP contribution in [0.5, 0.6) is 0 Å². The molecule has 0 aromatic heterocycles. The number of hydrogen-bond acceptors (Lipinski definition) is 6. The fraction of sp³-hybridized carbons (Fsp3) is 0.690. The summed E-state index contributed by atoms with van der Waals surface area (Å²) < 4.78 is 5.61. The largest absolute Gasteiger partial charge is 0.459 e. The smallest absolute Gasteiger partial charge is 0.323 e. The van der Waals surface area contributed by atoms with Gasteiger partial charge in [0.2, 0.25) is 0 Å². The Bertz CT molecular complexity index is 1400. The second-order valence-corrected chi connectivity index (χ2v) is 17.0. The van der Waals surface area contributed by atoms with E-state index in [1.807, 2.05) is 33.8 Å². The van der Waals surface area contributed by atoms with Crippen LogP contribution in [-0.4, -0.2) is 49.3 Å². The second kappa shape index (κ2) is 15.0. The summed E-state index contributed by atoms with van der Waals surface area (Å²) in [5.74, 6) is 2.22. The molecule has 4 aliphatic rings. The lowest BCUT2D eigenvalue weighted by Crippen LogP contribution is -2.45. The van der Waals surface area contributed by atoms with Gasteiger partial charge in [0, 0.05) is 37.5 Å². The summed E-state index contributed by atoms with van der Waals surface area (Å²) in [7, 11) is 2.19. The minimum absolute atomic E-state index is 0.0351. The van der Waals surface area contributed by atoms with Gasteiger partial charge in [-0.3, -0.25) is 14.4 Å². The average Bonchev–Trinajstić information content (AvgIpc) is 3.37. The Balaban J connectivity index is 1.19. The highest BCUT2D eigenvalue weighted by atomic mass is 16.6. The van der Waals surface area contributed by atoms with Crippen LogP contribution in [-0.2, 0) is 19.1 Å². The molecule has 0 heterocycles. The van der Waals surface area contributed by atoms with Gasteiger partial charge < -0.3 is 15.0 Å². The molecular weight excluding hydrogens is 596 g/mol. The van der Waals surface area contributed by atoms with Gasteiger partial charge in [-0.15, -0.1) is 0 Å². The van der Waals surface area contributed by atoms with Crippen LogP contribution in [0.1, 0.15) is 131 Å². The lowest BCUT2D eigenvalue weighted by Gasteiger charge is -2.52. The third-order valence-electron chi connectivity index (χ3n) is 12.1. The van der Waals surface area contributed by atoms with E-state index >= 15 is 0 Å². The maximum atomic E-state index is 12.9. The van der Waals surface area contributed by atoms with Crippen molar-refractivity contribution in [2.45, 2.75) is 137 Å². The number of Topliss-reactive ketones (excluding diaryl/α,β-unsaturated/α-hetero) is 1. The molecule has 264 valence electrons. The van der Waals surface area contributed by atoms with Crippen molar-refractivity contribution >= 4 is 23.2 Å². The third-order valence-corrected chi connectivity index (χ3v) is 12.1. The molecular formula is C42H62N2O4. The van der Waals surface area contributed by atoms with E-state index in [-0.39, 0.29) is 35.0 Å². The van der Waals surface area contributed by atoms with E-state index in [9.17, 15) is 14.4 Å². The minimum atomic E-state index is -0.471. The zero-order chi connectivity index (χ0) is 34.8. The van der Waals surface area contributed by atoms with Gasteiger partial charge in [0.25, 0.3) is 0 Å². The molecule has 1 aromatic carbocycles. The van der Waals surface area contributed by atoms with Gasteiger partial charge in [-0.1, -0.05) is 51.3 Å². The Morgan fingerprint density at radius 3 is 2.38 bits per heavy atom. The van der Waals surface area contributed by atoms with E-state index in [1.165, 1.54) is 22.4 Å². The van der Waals surface area contributed by atoms with Crippen molar-refractivity contribution in [2.24, 2.45) is 29.1 Å². The fourth-order valence-electron chi connectivity index (χ4n) is 9.76. The minimum Gasteiger partial charge on any atom is -0.459 e. The van der Waals surface area contributed by atoms with Gasteiger partial charge in [0.15, 0.2) is 5.78 Å². The van der Waals surface area contributed by atoms with Crippen LogP contribution in [0.4, 0.5) is 5.69 Å². The summed E-state index contributed by atoms with van der Waals surface area (Å²) in [6, 6.07) is 9.00. The molecule has 1 N–H and O–H groups in total. The van der Waals surface area contributed by atoms with Crippen molar-refractivity contribution < 1.29 is 19.1 Å². The van der Waals surface area contributed by atoms with Gasteiger partial charge in [0.1, 0.15) is 17.4 Å². The first-order chi connectivity index (χ1) is 22.7. The van der Waals surface area contributed by atoms with Crippen molar-refractivity contribution in [3.05, 3.63) is 52.6 Å². The van der Waals surface area contributed by atoms with Gasteiger partial charge in [-0.25, -0.2) is 0 Å². The van der Waals surface area contributed by atoms with E-state index in [0.29, 0.717) is 30.0 Å². The maximum absolute atomic E-state index is 12.9. The number of benzene rings is 1. The number of allylic oxidation sites excluding steroid dienone is 4. The molecule has 6 atom stereocenters. The first kappa shape index (κ1) is 36.5. The highest BCUT2D eigenvalue weighted by molar-refractivity contribution is 5.93. The molecule has 0 aliphatic heterocycles. The number of ether oxygens (including phenoxy) is 1. The van der Waals surface area contributed by atoms with E-state index in [0.717, 1.165) is 77.3 Å². The second-order valence-electron chi connectivity index (χ2n) is 17.0. The van der Waals surface area contributed by atoms with Gasteiger partial charge in [-0.05, 0) is 144 Å². The van der Waals surface area contributed by atoms with E-state index in [2.05, 4.69) is 62.3 Å². The predicted molar refractivity (Wildman–Crippen MR) is 195 cm³/mol. The quantitative estimate of drug-likeness (QED) is 0.169. The van der Waals surface area contributed by atoms with Crippen molar-refractivity contribution in [2.75, 3.05) is 25.0 Å². The Kier molecular flexibility index (Phi) is 11.4. The van der Waals surface area contributed by atoms with Gasteiger partial charge >= 0.3 is 5.97 Å². The van der Waals surface area contributed by atoms with Crippen molar-refractivity contribution in [1.29, 1.82) is 0 Å². The molecule has 5 rings (SSSR count). The average molecular weight is 659 g/mol. The van der Waals surface area contributed by atoms with Crippen LogP contribution in [0.3, 0.4) is 0 Å². The number of anilines is 1. The number of nitrogens with one attached hydrogen (secondary N) is 1. The van der Waals surface area contributed by atoms with Crippen LogP contribution in [0.15, 0.2) is 47.1 Å². The normalized spacial score (nSPS) is 27.6. The molecule has 0 saturated heterocycles. The molecule has 0 radical (unpaired) electrons. The number of fused-ring (bicyclic) bond motifs is 4. The van der Waals surface area contributed by atoms with Gasteiger partial charge in [-0.2, -0.15) is 0 Å². The lowest BCUT2D eigenvalue weighted by atomic mass is 9.51. The molecule has 2 fully saturated rings. The Hall–Kier alpha value is -2.73. The van der Waals surface area contributed by atoms with Crippen molar-refractivity contribution in [1.82, 2.24) is 5.32 Å². The number of ketones is 2. The molecule has 48 heavy (non-hydrogen) atoms. The molecule has 0 spiro atoms. The van der Waals surface area contributed by atoms with Gasteiger partial charge in [0.05, 0.1) is 0 Å². The first-order valence-corrected chi connectivity index (χ1v) is 18.9. The summed E-state index contributed by atoms with van der Waals surface area (Å²) in [6.07, 6.45) is 13.2. The van der Waals surface area contributed by atoms with E-state index in [4.69, 9.17) is 4.74 Å². The SMILES string of the molecule is CC(=O)C1CCC2C3CCC4=CC(=O)CCC4=C3C(c3ccc(N(C)CCCCCCNC(C(=O)OC(C)(C)C)C(C)C)cc3)CC12C.